The van der Waals surface area contributed by atoms with Gasteiger partial charge in [0.2, 0.25) is 0 Å². The molecule has 7 nitrogen and oxygen atoms in total. The van der Waals surface area contributed by atoms with E-state index in [9.17, 15) is 4.79 Å². The summed E-state index contributed by atoms with van der Waals surface area (Å²) in [4.78, 5) is 20.9. The fourth-order valence-corrected chi connectivity index (χ4v) is 4.78. The van der Waals surface area contributed by atoms with E-state index in [1.165, 1.54) is 0 Å². The zero-order valence-corrected chi connectivity index (χ0v) is 22.5. The Kier molecular flexibility index (Phi) is 7.86. The van der Waals surface area contributed by atoms with E-state index in [1.54, 1.807) is 16.0 Å². The lowest BCUT2D eigenvalue weighted by molar-refractivity contribution is 0.0938. The summed E-state index contributed by atoms with van der Waals surface area (Å²) in [5, 5.41) is 7.53. The molecule has 36 heavy (non-hydrogen) atoms. The summed E-state index contributed by atoms with van der Waals surface area (Å²) in [5.41, 5.74) is 8.56. The molecule has 2 heterocycles. The van der Waals surface area contributed by atoms with Gasteiger partial charge in [0.05, 0.1) is 28.3 Å². The first-order valence-corrected chi connectivity index (χ1v) is 12.8. The highest BCUT2D eigenvalue weighted by Gasteiger charge is 2.18. The van der Waals surface area contributed by atoms with Crippen LogP contribution in [0.5, 0.6) is 5.75 Å². The van der Waals surface area contributed by atoms with Gasteiger partial charge in [-0.25, -0.2) is 4.98 Å². The maximum absolute atomic E-state index is 13.3. The third kappa shape index (κ3) is 6.01. The maximum atomic E-state index is 13.3. The van der Waals surface area contributed by atoms with Crippen LogP contribution in [0.25, 0.3) is 21.6 Å². The highest BCUT2D eigenvalue weighted by Crippen LogP contribution is 2.34. The zero-order valence-electron chi connectivity index (χ0n) is 21.7. The lowest BCUT2D eigenvalue weighted by Crippen LogP contribution is -2.27. The minimum atomic E-state index is -0.209. The van der Waals surface area contributed by atoms with Crippen molar-refractivity contribution < 1.29 is 9.53 Å². The van der Waals surface area contributed by atoms with Gasteiger partial charge in [0.1, 0.15) is 12.4 Å². The van der Waals surface area contributed by atoms with Crippen molar-refractivity contribution in [3.8, 4) is 27.3 Å². The van der Waals surface area contributed by atoms with Crippen LogP contribution in [0.1, 0.15) is 40.1 Å². The number of aryl methyl sites for hydroxylation is 3. The molecule has 0 aliphatic carbocycles. The SMILES string of the molecule is Cc1ccc(OCCN(C)C)cc1C(=O)N[C@H](C)c1cc(-c2cnn(C)c2)cc(-c2scnc2C)c1. The number of amides is 1. The van der Waals surface area contributed by atoms with Crippen molar-refractivity contribution in [2.45, 2.75) is 26.8 Å². The Hall–Kier alpha value is -3.49. The number of rotatable bonds is 9. The Morgan fingerprint density at radius 3 is 2.58 bits per heavy atom. The van der Waals surface area contributed by atoms with Crippen molar-refractivity contribution in [3.63, 3.8) is 0 Å². The van der Waals surface area contributed by atoms with Gasteiger partial charge in [-0.3, -0.25) is 9.48 Å². The largest absolute Gasteiger partial charge is 0.492 e. The van der Waals surface area contributed by atoms with Crippen LogP contribution in [0.3, 0.4) is 0 Å². The van der Waals surface area contributed by atoms with E-state index in [1.807, 2.05) is 78.0 Å². The lowest BCUT2D eigenvalue weighted by atomic mass is 9.97. The molecule has 8 heteroatoms. The fraction of sp³-hybridized carbons (Fsp3) is 0.321. The number of aromatic nitrogens is 3. The highest BCUT2D eigenvalue weighted by atomic mass is 32.1. The summed E-state index contributed by atoms with van der Waals surface area (Å²) < 4.78 is 7.65. The first-order valence-electron chi connectivity index (χ1n) is 11.9. The summed E-state index contributed by atoms with van der Waals surface area (Å²) in [5.74, 6) is 0.571. The maximum Gasteiger partial charge on any atom is 0.252 e. The van der Waals surface area contributed by atoms with Gasteiger partial charge in [0.25, 0.3) is 5.91 Å². The number of ether oxygens (including phenoxy) is 1. The Morgan fingerprint density at radius 1 is 1.14 bits per heavy atom. The topological polar surface area (TPSA) is 72.3 Å². The van der Waals surface area contributed by atoms with E-state index in [-0.39, 0.29) is 11.9 Å². The third-order valence-electron chi connectivity index (χ3n) is 6.11. The standard InChI is InChI=1S/C28H33N5O2S/c1-18-7-8-25(35-10-9-32(4)5)14-26(18)28(34)31-19(2)21-11-22(24-15-30-33(6)16-24)13-23(12-21)27-20(3)29-17-36-27/h7-8,11-17,19H,9-10H2,1-6H3,(H,31,34)/t19-/m1/s1. The number of nitrogens with one attached hydrogen (secondary N) is 1. The molecule has 0 aliphatic rings. The molecule has 0 saturated carbocycles. The minimum absolute atomic E-state index is 0.125. The van der Waals surface area contributed by atoms with Crippen LogP contribution in [0.2, 0.25) is 0 Å². The van der Waals surface area contributed by atoms with Crippen molar-refractivity contribution in [2.75, 3.05) is 27.2 Å². The highest BCUT2D eigenvalue weighted by molar-refractivity contribution is 7.13. The Balaban J connectivity index is 1.60. The Bertz CT molecular complexity index is 1360. The predicted octanol–water partition coefficient (Wildman–Crippen LogP) is 5.26. The third-order valence-corrected chi connectivity index (χ3v) is 7.09. The quantitative estimate of drug-likeness (QED) is 0.337. The molecular formula is C28H33N5O2S. The molecule has 0 radical (unpaired) electrons. The normalized spacial score (nSPS) is 12.1. The summed E-state index contributed by atoms with van der Waals surface area (Å²) >= 11 is 1.62. The molecule has 1 amide bonds. The molecule has 0 bridgehead atoms. The van der Waals surface area contributed by atoms with Crippen molar-refractivity contribution in [3.05, 3.63) is 76.7 Å². The molecule has 2 aromatic carbocycles. The average molecular weight is 504 g/mol. The second kappa shape index (κ2) is 11.1. The van der Waals surface area contributed by atoms with Crippen LogP contribution < -0.4 is 10.1 Å². The molecule has 1 atom stereocenters. The second-order valence-corrected chi connectivity index (χ2v) is 10.2. The predicted molar refractivity (Wildman–Crippen MR) is 146 cm³/mol. The zero-order chi connectivity index (χ0) is 25.8. The van der Waals surface area contributed by atoms with Crippen molar-refractivity contribution in [1.82, 2.24) is 25.0 Å². The van der Waals surface area contributed by atoms with Gasteiger partial charge in [-0.1, -0.05) is 6.07 Å². The van der Waals surface area contributed by atoms with Gasteiger partial charge in [-0.15, -0.1) is 11.3 Å². The van der Waals surface area contributed by atoms with Gasteiger partial charge in [0, 0.05) is 30.9 Å². The van der Waals surface area contributed by atoms with E-state index >= 15 is 0 Å². The van der Waals surface area contributed by atoms with Gasteiger partial charge < -0.3 is 15.0 Å². The van der Waals surface area contributed by atoms with Crippen molar-refractivity contribution in [1.29, 1.82) is 0 Å². The number of hydrogen-bond donors (Lipinski definition) is 1. The number of thiazole rings is 1. The smallest absolute Gasteiger partial charge is 0.252 e. The van der Waals surface area contributed by atoms with Gasteiger partial charge >= 0.3 is 0 Å². The molecule has 0 unspecified atom stereocenters. The van der Waals surface area contributed by atoms with Crippen LogP contribution >= 0.6 is 11.3 Å². The van der Waals surface area contributed by atoms with Crippen molar-refractivity contribution in [2.24, 2.45) is 7.05 Å². The summed E-state index contributed by atoms with van der Waals surface area (Å²) in [7, 11) is 5.92. The summed E-state index contributed by atoms with van der Waals surface area (Å²) in [6.07, 6.45) is 3.85. The van der Waals surface area contributed by atoms with Crippen LogP contribution in [-0.2, 0) is 7.05 Å². The molecular weight excluding hydrogens is 470 g/mol. The van der Waals surface area contributed by atoms with E-state index in [2.05, 4.69) is 38.5 Å². The number of carbonyl (C=O) groups is 1. The molecule has 0 saturated heterocycles. The molecule has 0 fully saturated rings. The number of likely N-dealkylation sites (N-methyl/N-ethyl adjacent to an activating group) is 1. The van der Waals surface area contributed by atoms with Crippen LogP contribution in [0.4, 0.5) is 0 Å². The van der Waals surface area contributed by atoms with Crippen molar-refractivity contribution >= 4 is 17.2 Å². The van der Waals surface area contributed by atoms with E-state index < -0.39 is 0 Å². The van der Waals surface area contributed by atoms with E-state index in [0.29, 0.717) is 17.9 Å². The number of hydrogen-bond acceptors (Lipinski definition) is 6. The lowest BCUT2D eigenvalue weighted by Gasteiger charge is -2.18. The molecule has 0 spiro atoms. The number of carbonyl (C=O) groups excluding carboxylic acids is 1. The van der Waals surface area contributed by atoms with Crippen LogP contribution in [0, 0.1) is 13.8 Å². The first-order chi connectivity index (χ1) is 17.2. The van der Waals surface area contributed by atoms with Gasteiger partial charge in [-0.05, 0) is 87.5 Å². The average Bonchev–Trinajstić information content (AvgIpc) is 3.47. The molecule has 1 N–H and O–H groups in total. The number of nitrogens with zero attached hydrogens (tertiary/aromatic N) is 4. The monoisotopic (exact) mass is 503 g/mol. The van der Waals surface area contributed by atoms with E-state index in [4.69, 9.17) is 4.74 Å². The fourth-order valence-electron chi connectivity index (χ4n) is 3.99. The Labute approximate surface area is 216 Å². The molecule has 4 aromatic rings. The minimum Gasteiger partial charge on any atom is -0.492 e. The molecule has 0 aliphatic heterocycles. The van der Waals surface area contributed by atoms with Crippen LogP contribution in [-0.4, -0.2) is 52.8 Å². The van der Waals surface area contributed by atoms with Crippen LogP contribution in [0.15, 0.2) is 54.3 Å². The molecule has 4 rings (SSSR count). The second-order valence-electron chi connectivity index (χ2n) is 9.34. The summed E-state index contributed by atoms with van der Waals surface area (Å²) in [6.45, 7) is 7.34. The van der Waals surface area contributed by atoms with E-state index in [0.717, 1.165) is 44.9 Å². The summed E-state index contributed by atoms with van der Waals surface area (Å²) in [6, 6.07) is 11.9. The molecule has 2 aromatic heterocycles. The Morgan fingerprint density at radius 2 is 1.92 bits per heavy atom. The number of benzene rings is 2. The van der Waals surface area contributed by atoms with Gasteiger partial charge in [0.15, 0.2) is 0 Å². The first kappa shape index (κ1) is 25.6. The molecule has 188 valence electrons. The van der Waals surface area contributed by atoms with Gasteiger partial charge in [-0.2, -0.15) is 5.10 Å².